The van der Waals surface area contributed by atoms with Gasteiger partial charge in [0.2, 0.25) is 5.91 Å². The quantitative estimate of drug-likeness (QED) is 0.834. The Kier molecular flexibility index (Phi) is 3.38. The Bertz CT molecular complexity index is 581. The van der Waals surface area contributed by atoms with Gasteiger partial charge in [-0.3, -0.25) is 9.59 Å². The van der Waals surface area contributed by atoms with Crippen LogP contribution in [0.25, 0.3) is 0 Å². The molecule has 0 radical (unpaired) electrons. The summed E-state index contributed by atoms with van der Waals surface area (Å²) in [7, 11) is 0. The van der Waals surface area contributed by atoms with Crippen LogP contribution in [-0.4, -0.2) is 17.0 Å². The zero-order valence-electron chi connectivity index (χ0n) is 10.6. The van der Waals surface area contributed by atoms with E-state index in [9.17, 15) is 14.7 Å². The van der Waals surface area contributed by atoms with Crippen LogP contribution in [0.3, 0.4) is 0 Å². The zero-order chi connectivity index (χ0) is 14.3. The number of anilines is 1. The van der Waals surface area contributed by atoms with Crippen molar-refractivity contribution in [2.24, 2.45) is 23.7 Å². The first-order valence-electron chi connectivity index (χ1n) is 6.54. The Morgan fingerprint density at radius 1 is 1.10 bits per heavy atom. The third-order valence-electron chi connectivity index (χ3n) is 4.16. The molecule has 0 spiro atoms. The van der Waals surface area contributed by atoms with Crippen molar-refractivity contribution in [3.05, 3.63) is 40.9 Å². The van der Waals surface area contributed by atoms with Crippen LogP contribution in [0, 0.1) is 23.7 Å². The van der Waals surface area contributed by atoms with E-state index in [-0.39, 0.29) is 17.7 Å². The minimum atomic E-state index is -0.877. The van der Waals surface area contributed by atoms with Crippen molar-refractivity contribution in [3.8, 4) is 0 Å². The highest BCUT2D eigenvalue weighted by Gasteiger charge is 2.51. The Morgan fingerprint density at radius 3 is 2.30 bits per heavy atom. The molecular formula is C15H14BrNO3. The van der Waals surface area contributed by atoms with Gasteiger partial charge in [0, 0.05) is 10.2 Å². The zero-order valence-corrected chi connectivity index (χ0v) is 12.2. The molecule has 0 heterocycles. The maximum atomic E-state index is 12.4. The van der Waals surface area contributed by atoms with E-state index in [0.29, 0.717) is 5.69 Å². The molecular weight excluding hydrogens is 322 g/mol. The number of hydrogen-bond donors (Lipinski definition) is 2. The lowest BCUT2D eigenvalue weighted by atomic mass is 9.82. The van der Waals surface area contributed by atoms with E-state index in [1.54, 1.807) is 12.1 Å². The van der Waals surface area contributed by atoms with Crippen molar-refractivity contribution in [2.45, 2.75) is 6.42 Å². The summed E-state index contributed by atoms with van der Waals surface area (Å²) < 4.78 is 0.932. The van der Waals surface area contributed by atoms with E-state index in [1.165, 1.54) is 0 Å². The highest BCUT2D eigenvalue weighted by atomic mass is 79.9. The number of hydrogen-bond acceptors (Lipinski definition) is 2. The second kappa shape index (κ2) is 5.05. The molecule has 0 saturated heterocycles. The number of carboxylic acids is 1. The van der Waals surface area contributed by atoms with E-state index in [1.807, 2.05) is 24.3 Å². The van der Waals surface area contributed by atoms with Gasteiger partial charge in [0.25, 0.3) is 0 Å². The summed E-state index contributed by atoms with van der Waals surface area (Å²) in [5.74, 6) is -2.09. The number of fused-ring (bicyclic) bond motifs is 2. The molecule has 5 heteroatoms. The van der Waals surface area contributed by atoms with Crippen molar-refractivity contribution in [1.29, 1.82) is 0 Å². The van der Waals surface area contributed by atoms with Crippen LogP contribution in [0.2, 0.25) is 0 Å². The molecule has 1 saturated carbocycles. The number of carbonyl (C=O) groups excluding carboxylic acids is 1. The molecule has 1 aromatic carbocycles. The molecule has 0 unspecified atom stereocenters. The monoisotopic (exact) mass is 335 g/mol. The number of benzene rings is 1. The Balaban J connectivity index is 1.78. The summed E-state index contributed by atoms with van der Waals surface area (Å²) in [6, 6.07) is 7.26. The molecule has 4 nitrogen and oxygen atoms in total. The summed E-state index contributed by atoms with van der Waals surface area (Å²) in [5.41, 5.74) is 0.689. The Hall–Kier alpha value is -1.62. The molecule has 2 bridgehead atoms. The topological polar surface area (TPSA) is 66.4 Å². The number of halogens is 1. The van der Waals surface area contributed by atoms with Gasteiger partial charge in [0.05, 0.1) is 11.8 Å². The predicted octanol–water partition coefficient (Wildman–Crippen LogP) is 2.91. The standard InChI is InChI=1S/C15H14BrNO3/c16-10-3-5-11(6-4-10)17-14(18)12-8-1-2-9(7-8)13(12)15(19)20/h1-6,8-9,12-13H,7H2,(H,17,18)(H,19,20)/t8-,9-,12+,13-/m0/s1. The molecule has 3 rings (SSSR count). The minimum Gasteiger partial charge on any atom is -0.481 e. The van der Waals surface area contributed by atoms with E-state index >= 15 is 0 Å². The maximum Gasteiger partial charge on any atom is 0.307 e. The van der Waals surface area contributed by atoms with Gasteiger partial charge < -0.3 is 10.4 Å². The third kappa shape index (κ3) is 2.26. The van der Waals surface area contributed by atoms with Gasteiger partial charge in [0.15, 0.2) is 0 Å². The first kappa shape index (κ1) is 13.4. The molecule has 1 amide bonds. The van der Waals surface area contributed by atoms with Crippen molar-refractivity contribution < 1.29 is 14.7 Å². The lowest BCUT2D eigenvalue weighted by Crippen LogP contribution is -2.36. The number of amides is 1. The van der Waals surface area contributed by atoms with Gasteiger partial charge >= 0.3 is 5.97 Å². The van der Waals surface area contributed by atoms with Gasteiger partial charge in [-0.1, -0.05) is 28.1 Å². The molecule has 20 heavy (non-hydrogen) atoms. The third-order valence-corrected chi connectivity index (χ3v) is 4.69. The highest BCUT2D eigenvalue weighted by molar-refractivity contribution is 9.10. The number of rotatable bonds is 3. The van der Waals surface area contributed by atoms with Gasteiger partial charge in [-0.2, -0.15) is 0 Å². The molecule has 104 valence electrons. The van der Waals surface area contributed by atoms with Crippen molar-refractivity contribution >= 4 is 33.5 Å². The molecule has 0 aliphatic heterocycles. The largest absolute Gasteiger partial charge is 0.481 e. The molecule has 2 aliphatic carbocycles. The van der Waals surface area contributed by atoms with E-state index in [4.69, 9.17) is 0 Å². The second-order valence-corrected chi connectivity index (χ2v) is 6.25. The number of nitrogens with one attached hydrogen (secondary N) is 1. The van der Waals surface area contributed by atoms with Crippen LogP contribution in [-0.2, 0) is 9.59 Å². The predicted molar refractivity (Wildman–Crippen MR) is 78.1 cm³/mol. The SMILES string of the molecule is O=C(O)[C@@H]1[C@H](C(=O)Nc2ccc(Br)cc2)[C@H]2C=C[C@H]1C2. The molecule has 1 aromatic rings. The lowest BCUT2D eigenvalue weighted by molar-refractivity contribution is -0.146. The molecule has 4 atom stereocenters. The van der Waals surface area contributed by atoms with Gasteiger partial charge in [-0.15, -0.1) is 0 Å². The van der Waals surface area contributed by atoms with E-state index < -0.39 is 17.8 Å². The molecule has 1 fully saturated rings. The lowest BCUT2D eigenvalue weighted by Gasteiger charge is -2.23. The van der Waals surface area contributed by atoms with Crippen LogP contribution in [0.15, 0.2) is 40.9 Å². The average Bonchev–Trinajstić information content (AvgIpc) is 3.01. The molecule has 2 aliphatic rings. The fourth-order valence-corrected chi connectivity index (χ4v) is 3.54. The number of carbonyl (C=O) groups is 2. The van der Waals surface area contributed by atoms with Crippen molar-refractivity contribution in [3.63, 3.8) is 0 Å². The van der Waals surface area contributed by atoms with Gasteiger partial charge in [-0.05, 0) is 42.5 Å². The van der Waals surface area contributed by atoms with E-state index in [2.05, 4.69) is 21.2 Å². The normalized spacial score (nSPS) is 30.4. The average molecular weight is 336 g/mol. The summed E-state index contributed by atoms with van der Waals surface area (Å²) in [4.78, 5) is 23.8. The Morgan fingerprint density at radius 2 is 1.70 bits per heavy atom. The van der Waals surface area contributed by atoms with Gasteiger partial charge in [-0.25, -0.2) is 0 Å². The number of carboxylic acid groups (broad SMARTS) is 1. The molecule has 2 N–H and O–H groups in total. The number of aliphatic carboxylic acids is 1. The molecule has 0 aromatic heterocycles. The smallest absolute Gasteiger partial charge is 0.307 e. The van der Waals surface area contributed by atoms with Crippen molar-refractivity contribution in [2.75, 3.05) is 5.32 Å². The summed E-state index contributed by atoms with van der Waals surface area (Å²) in [6.45, 7) is 0. The van der Waals surface area contributed by atoms with Crippen LogP contribution in [0.5, 0.6) is 0 Å². The summed E-state index contributed by atoms with van der Waals surface area (Å²) in [5, 5.41) is 12.2. The second-order valence-electron chi connectivity index (χ2n) is 5.33. The van der Waals surface area contributed by atoms with Gasteiger partial charge in [0.1, 0.15) is 0 Å². The summed E-state index contributed by atoms with van der Waals surface area (Å²) in [6.07, 6.45) is 4.69. The fraction of sp³-hybridized carbons (Fsp3) is 0.333. The van der Waals surface area contributed by atoms with Crippen LogP contribution in [0.1, 0.15) is 6.42 Å². The first-order valence-corrected chi connectivity index (χ1v) is 7.33. The highest BCUT2D eigenvalue weighted by Crippen LogP contribution is 2.48. The number of allylic oxidation sites excluding steroid dienone is 2. The Labute approximate surface area is 125 Å². The van der Waals surface area contributed by atoms with Crippen LogP contribution in [0.4, 0.5) is 5.69 Å². The minimum absolute atomic E-state index is 0.00170. The first-order chi connectivity index (χ1) is 9.56. The summed E-state index contributed by atoms with van der Waals surface area (Å²) >= 11 is 3.33. The maximum absolute atomic E-state index is 12.4. The fourth-order valence-electron chi connectivity index (χ4n) is 3.28. The van der Waals surface area contributed by atoms with Crippen molar-refractivity contribution in [1.82, 2.24) is 0 Å². The van der Waals surface area contributed by atoms with E-state index in [0.717, 1.165) is 10.9 Å². The van der Waals surface area contributed by atoms with Crippen LogP contribution < -0.4 is 5.32 Å². The van der Waals surface area contributed by atoms with Crippen LogP contribution >= 0.6 is 15.9 Å².